The van der Waals surface area contributed by atoms with E-state index in [4.69, 9.17) is 16.0 Å². The van der Waals surface area contributed by atoms with E-state index in [0.29, 0.717) is 21.9 Å². The van der Waals surface area contributed by atoms with E-state index in [1.165, 1.54) is 5.56 Å². The summed E-state index contributed by atoms with van der Waals surface area (Å²) >= 11 is 6.20. The lowest BCUT2D eigenvalue weighted by atomic mass is 10.1. The van der Waals surface area contributed by atoms with E-state index in [2.05, 4.69) is 39.6 Å². The van der Waals surface area contributed by atoms with E-state index in [1.54, 1.807) is 6.07 Å². The fourth-order valence-corrected chi connectivity index (χ4v) is 3.15. The van der Waals surface area contributed by atoms with Crippen molar-refractivity contribution in [2.45, 2.75) is 20.8 Å². The molecule has 0 amide bonds. The monoisotopic (exact) mass is 390 g/mol. The van der Waals surface area contributed by atoms with Crippen LogP contribution in [0.1, 0.15) is 17.0 Å². The Kier molecular flexibility index (Phi) is 4.84. The molecule has 0 fully saturated rings. The van der Waals surface area contributed by atoms with E-state index in [-0.39, 0.29) is 0 Å². The van der Waals surface area contributed by atoms with Gasteiger partial charge in [-0.3, -0.25) is 0 Å². The number of nitrogens with one attached hydrogen (secondary N) is 1. The molecule has 140 valence electrons. The Balaban J connectivity index is 1.86. The van der Waals surface area contributed by atoms with Crippen molar-refractivity contribution >= 4 is 28.5 Å². The van der Waals surface area contributed by atoms with Gasteiger partial charge < -0.3 is 4.42 Å². The molecule has 0 aliphatic heterocycles. The number of benzene rings is 2. The van der Waals surface area contributed by atoms with Crippen molar-refractivity contribution in [1.82, 2.24) is 9.97 Å². The van der Waals surface area contributed by atoms with Gasteiger partial charge in [0.15, 0.2) is 0 Å². The van der Waals surface area contributed by atoms with Gasteiger partial charge >= 0.3 is 0 Å². The van der Waals surface area contributed by atoms with E-state index < -0.39 is 0 Å². The fourth-order valence-electron chi connectivity index (χ4n) is 2.98. The van der Waals surface area contributed by atoms with Crippen LogP contribution in [-0.4, -0.2) is 9.97 Å². The molecule has 0 radical (unpaired) electrons. The maximum atomic E-state index is 6.20. The number of hydrogen-bond donors (Lipinski definition) is 1. The summed E-state index contributed by atoms with van der Waals surface area (Å²) in [5.74, 6) is 1.17. The number of halogens is 1. The van der Waals surface area contributed by atoms with E-state index in [0.717, 1.165) is 28.1 Å². The molecule has 4 rings (SSSR count). The summed E-state index contributed by atoms with van der Waals surface area (Å²) in [5, 5.41) is 6.66. The first-order valence-electron chi connectivity index (χ1n) is 8.90. The summed E-state index contributed by atoms with van der Waals surface area (Å²) in [6, 6.07) is 17.4. The predicted octanol–water partition coefficient (Wildman–Crippen LogP) is 5.40. The van der Waals surface area contributed by atoms with Gasteiger partial charge in [0.1, 0.15) is 11.3 Å². The molecular formula is C22H19ClN4O. The van der Waals surface area contributed by atoms with Gasteiger partial charge in [0, 0.05) is 33.4 Å². The second-order valence-electron chi connectivity index (χ2n) is 6.70. The van der Waals surface area contributed by atoms with Crippen molar-refractivity contribution in [3.63, 3.8) is 0 Å². The number of rotatable bonds is 3. The van der Waals surface area contributed by atoms with Crippen molar-refractivity contribution < 1.29 is 4.42 Å². The molecule has 0 saturated heterocycles. The third-order valence-corrected chi connectivity index (χ3v) is 4.54. The Hall–Kier alpha value is -3.18. The lowest BCUT2D eigenvalue weighted by Gasteiger charge is -2.06. The predicted molar refractivity (Wildman–Crippen MR) is 112 cm³/mol. The van der Waals surface area contributed by atoms with E-state index in [9.17, 15) is 0 Å². The van der Waals surface area contributed by atoms with Gasteiger partial charge in [0.25, 0.3) is 0 Å². The molecule has 0 atom stereocenters. The fraction of sp³-hybridized carbons (Fsp3) is 0.136. The Labute approximate surface area is 167 Å². The van der Waals surface area contributed by atoms with Gasteiger partial charge in [-0.15, -0.1) is 0 Å². The molecule has 0 unspecified atom stereocenters. The molecule has 6 heteroatoms. The smallest absolute Gasteiger partial charge is 0.243 e. The highest BCUT2D eigenvalue weighted by Crippen LogP contribution is 2.24. The molecule has 2 aromatic carbocycles. The van der Waals surface area contributed by atoms with Crippen molar-refractivity contribution in [3.05, 3.63) is 81.9 Å². The zero-order valence-electron chi connectivity index (χ0n) is 15.8. The Morgan fingerprint density at radius 2 is 1.61 bits per heavy atom. The summed E-state index contributed by atoms with van der Waals surface area (Å²) in [6.45, 7) is 5.90. The minimum Gasteiger partial charge on any atom is -0.456 e. The molecule has 4 aromatic rings. The summed E-state index contributed by atoms with van der Waals surface area (Å²) < 4.78 is 6.10. The van der Waals surface area contributed by atoms with E-state index in [1.807, 2.05) is 50.2 Å². The number of nitrogens with zero attached hydrogens (tertiary/aromatic N) is 3. The number of aryl methyl sites for hydroxylation is 3. The summed E-state index contributed by atoms with van der Waals surface area (Å²) in [4.78, 5) is 8.74. The molecular weight excluding hydrogens is 372 g/mol. The quantitative estimate of drug-likeness (QED) is 0.476. The molecule has 2 aromatic heterocycles. The largest absolute Gasteiger partial charge is 0.456 e. The molecule has 0 spiro atoms. The molecule has 28 heavy (non-hydrogen) atoms. The number of anilines is 1. The van der Waals surface area contributed by atoms with Crippen LogP contribution in [0.25, 0.3) is 22.3 Å². The molecule has 5 nitrogen and oxygen atoms in total. The van der Waals surface area contributed by atoms with Crippen LogP contribution in [0.5, 0.6) is 0 Å². The summed E-state index contributed by atoms with van der Waals surface area (Å²) in [5.41, 5.74) is 7.57. The first-order chi connectivity index (χ1) is 13.5. The molecule has 0 aliphatic rings. The van der Waals surface area contributed by atoms with Crippen molar-refractivity contribution in [2.24, 2.45) is 5.10 Å². The number of fused-ring (bicyclic) bond motifs is 1. The lowest BCUT2D eigenvalue weighted by molar-refractivity contribution is 0.618. The zero-order chi connectivity index (χ0) is 19.7. The number of hydrogen-bond acceptors (Lipinski definition) is 5. The molecule has 1 N–H and O–H groups in total. The second kappa shape index (κ2) is 7.44. The Morgan fingerprint density at radius 1 is 0.893 bits per heavy atom. The summed E-state index contributed by atoms with van der Waals surface area (Å²) in [7, 11) is 0. The first kappa shape index (κ1) is 18.2. The SMILES string of the molecule is Cc1ccc(-c2cc(=NNc3nc(C)cc(C)n3)c3cc(Cl)ccc3o2)cc1. The minimum atomic E-state index is 0.449. The highest BCUT2D eigenvalue weighted by atomic mass is 35.5. The van der Waals surface area contributed by atoms with Crippen molar-refractivity contribution in [3.8, 4) is 11.3 Å². The van der Waals surface area contributed by atoms with Crippen molar-refractivity contribution in [2.75, 3.05) is 5.43 Å². The van der Waals surface area contributed by atoms with Crippen LogP contribution in [0, 0.1) is 20.8 Å². The topological polar surface area (TPSA) is 63.3 Å². The first-order valence-corrected chi connectivity index (χ1v) is 9.28. The summed E-state index contributed by atoms with van der Waals surface area (Å²) in [6.07, 6.45) is 0. The highest BCUT2D eigenvalue weighted by molar-refractivity contribution is 6.31. The average molecular weight is 391 g/mol. The Bertz CT molecular complexity index is 1210. The van der Waals surface area contributed by atoms with Gasteiger partial charge in [-0.1, -0.05) is 41.4 Å². The van der Waals surface area contributed by atoms with Crippen LogP contribution in [0.2, 0.25) is 5.02 Å². The highest BCUT2D eigenvalue weighted by Gasteiger charge is 2.07. The molecule has 0 saturated carbocycles. The van der Waals surface area contributed by atoms with Crippen LogP contribution in [0.15, 0.2) is 64.1 Å². The normalized spacial score (nSPS) is 11.8. The minimum absolute atomic E-state index is 0.449. The number of aromatic nitrogens is 2. The van der Waals surface area contributed by atoms with Gasteiger partial charge in [0.05, 0.1) is 5.36 Å². The van der Waals surface area contributed by atoms with Crippen LogP contribution in [0.3, 0.4) is 0 Å². The zero-order valence-corrected chi connectivity index (χ0v) is 16.6. The second-order valence-corrected chi connectivity index (χ2v) is 7.14. The van der Waals surface area contributed by atoms with E-state index >= 15 is 0 Å². The molecule has 2 heterocycles. The van der Waals surface area contributed by atoms with Gasteiger partial charge in [-0.2, -0.15) is 5.10 Å². The van der Waals surface area contributed by atoms with Crippen LogP contribution < -0.4 is 10.8 Å². The molecule has 0 aliphatic carbocycles. The third-order valence-electron chi connectivity index (χ3n) is 4.30. The standard InChI is InChI=1S/C22H19ClN4O/c1-13-4-6-16(7-5-13)21-12-19(18-11-17(23)8-9-20(18)28-21)26-27-22-24-14(2)10-15(3)25-22/h4-12H,1-3H3,(H,24,25,27). The van der Waals surface area contributed by atoms with Gasteiger partial charge in [-0.05, 0) is 45.0 Å². The third kappa shape index (κ3) is 3.89. The van der Waals surface area contributed by atoms with Gasteiger partial charge in [0.2, 0.25) is 5.95 Å². The average Bonchev–Trinajstić information content (AvgIpc) is 2.66. The molecule has 0 bridgehead atoms. The van der Waals surface area contributed by atoms with Crippen LogP contribution in [0.4, 0.5) is 5.95 Å². The van der Waals surface area contributed by atoms with Crippen LogP contribution in [-0.2, 0) is 0 Å². The maximum absolute atomic E-state index is 6.20. The van der Waals surface area contributed by atoms with Gasteiger partial charge in [-0.25, -0.2) is 15.4 Å². The lowest BCUT2D eigenvalue weighted by Crippen LogP contribution is -2.09. The maximum Gasteiger partial charge on any atom is 0.243 e. The van der Waals surface area contributed by atoms with Crippen LogP contribution >= 0.6 is 11.6 Å². The Morgan fingerprint density at radius 3 is 2.32 bits per heavy atom. The van der Waals surface area contributed by atoms with Crippen molar-refractivity contribution in [1.29, 1.82) is 0 Å².